The topological polar surface area (TPSA) is 126 Å². The molecule has 1 aromatic heterocycles. The molecule has 2 heterocycles. The van der Waals surface area contributed by atoms with Gasteiger partial charge in [-0.05, 0) is 22.2 Å². The van der Waals surface area contributed by atoms with E-state index in [0.29, 0.717) is 12.6 Å². The number of nitrogens with zero attached hydrogens (tertiary/aromatic N) is 1. The van der Waals surface area contributed by atoms with E-state index in [1.54, 1.807) is 0 Å². The molecular formula is C22H38N2O8Si2. The van der Waals surface area contributed by atoms with Gasteiger partial charge in [-0.2, -0.15) is 0 Å². The van der Waals surface area contributed by atoms with Gasteiger partial charge in [0.1, 0.15) is 18.5 Å². The maximum absolute atomic E-state index is 12.2. The first-order valence-corrected chi connectivity index (χ1v) is 15.7. The molecule has 34 heavy (non-hydrogen) atoms. The molecule has 12 heteroatoms. The molecule has 0 bridgehead atoms. The molecule has 0 aromatic carbocycles. The largest absolute Gasteiger partial charge is 0.414 e. The Hall–Kier alpha value is -1.71. The fourth-order valence-electron chi connectivity index (χ4n) is 4.51. The minimum atomic E-state index is -3.04. The van der Waals surface area contributed by atoms with E-state index in [4.69, 9.17) is 17.7 Å². The SMILES string of the molecule is CC(C)[Si]1(C(C)C)OC[C@@H](O[C@H](C=O)n2ccc(=O)[nH]c2=O)[C@@H](C=O)O[Si](C(C)C)(C(C)C)O1. The molecule has 1 aromatic rings. The minimum Gasteiger partial charge on any atom is -0.414 e. The number of aldehydes is 2. The van der Waals surface area contributed by atoms with Crippen molar-refractivity contribution >= 4 is 29.7 Å². The third-order valence-electron chi connectivity index (χ3n) is 6.39. The van der Waals surface area contributed by atoms with Crippen molar-refractivity contribution in [3.63, 3.8) is 0 Å². The van der Waals surface area contributed by atoms with Gasteiger partial charge in [-0.25, -0.2) is 4.79 Å². The molecule has 0 saturated carbocycles. The summed E-state index contributed by atoms with van der Waals surface area (Å²) in [6.45, 7) is 16.3. The Kier molecular flexibility index (Phi) is 9.53. The second kappa shape index (κ2) is 11.4. The predicted molar refractivity (Wildman–Crippen MR) is 131 cm³/mol. The third-order valence-corrected chi connectivity index (χ3v) is 16.6. The lowest BCUT2D eigenvalue weighted by Gasteiger charge is -2.51. The second-order valence-electron chi connectivity index (χ2n) is 9.91. The zero-order chi connectivity index (χ0) is 25.8. The summed E-state index contributed by atoms with van der Waals surface area (Å²) >= 11 is 0. The molecule has 3 atom stereocenters. The Bertz CT molecular complexity index is 943. The first-order chi connectivity index (χ1) is 15.8. The Morgan fingerprint density at radius 3 is 2.00 bits per heavy atom. The zero-order valence-corrected chi connectivity index (χ0v) is 23.3. The lowest BCUT2D eigenvalue weighted by Crippen LogP contribution is -2.66. The van der Waals surface area contributed by atoms with Crippen LogP contribution in [0.5, 0.6) is 0 Å². The van der Waals surface area contributed by atoms with Gasteiger partial charge in [0.15, 0.2) is 12.5 Å². The average molecular weight is 515 g/mol. The van der Waals surface area contributed by atoms with Gasteiger partial charge < -0.3 is 22.5 Å². The molecule has 1 fully saturated rings. The number of carbonyl (C=O) groups is 2. The van der Waals surface area contributed by atoms with Gasteiger partial charge in [-0.3, -0.25) is 19.1 Å². The molecule has 2 rings (SSSR count). The number of nitrogens with one attached hydrogen (secondary N) is 1. The van der Waals surface area contributed by atoms with E-state index in [2.05, 4.69) is 32.7 Å². The van der Waals surface area contributed by atoms with Crippen LogP contribution in [0, 0.1) is 0 Å². The number of aromatic nitrogens is 2. The van der Waals surface area contributed by atoms with Gasteiger partial charge in [-0.1, -0.05) is 55.4 Å². The van der Waals surface area contributed by atoms with Crippen LogP contribution in [0.25, 0.3) is 0 Å². The average Bonchev–Trinajstić information content (AvgIpc) is 2.73. The number of aromatic amines is 1. The molecule has 0 unspecified atom stereocenters. The normalized spacial score (nSPS) is 23.6. The van der Waals surface area contributed by atoms with Crippen LogP contribution in [0.4, 0.5) is 0 Å². The fourth-order valence-corrected chi connectivity index (χ4v) is 15.6. The Morgan fingerprint density at radius 2 is 1.56 bits per heavy atom. The lowest BCUT2D eigenvalue weighted by atomic mass is 10.2. The number of carbonyl (C=O) groups excluding carboxylic acids is 2. The zero-order valence-electron chi connectivity index (χ0n) is 21.3. The summed E-state index contributed by atoms with van der Waals surface area (Å²) < 4.78 is 27.0. The number of hydrogen-bond donors (Lipinski definition) is 1. The second-order valence-corrected chi connectivity index (χ2v) is 18.8. The maximum Gasteiger partial charge on any atom is 0.335 e. The van der Waals surface area contributed by atoms with Crippen LogP contribution >= 0.6 is 0 Å². The van der Waals surface area contributed by atoms with E-state index in [-0.39, 0.29) is 28.8 Å². The van der Waals surface area contributed by atoms with Crippen molar-refractivity contribution in [3.8, 4) is 0 Å². The van der Waals surface area contributed by atoms with E-state index < -0.39 is 46.8 Å². The molecule has 0 amide bonds. The smallest absolute Gasteiger partial charge is 0.335 e. The number of hydrogen-bond acceptors (Lipinski definition) is 8. The van der Waals surface area contributed by atoms with Crippen molar-refractivity contribution in [1.29, 1.82) is 0 Å². The summed E-state index contributed by atoms with van der Waals surface area (Å²) in [6.07, 6.45) is -1.17. The summed E-state index contributed by atoms with van der Waals surface area (Å²) in [5.41, 5.74) is -1.23. The van der Waals surface area contributed by atoms with E-state index in [0.717, 1.165) is 10.6 Å². The van der Waals surface area contributed by atoms with Gasteiger partial charge in [0.25, 0.3) is 5.56 Å². The first kappa shape index (κ1) is 28.5. The van der Waals surface area contributed by atoms with Crippen LogP contribution in [-0.2, 0) is 27.3 Å². The predicted octanol–water partition coefficient (Wildman–Crippen LogP) is 2.77. The van der Waals surface area contributed by atoms with Gasteiger partial charge in [0.2, 0.25) is 0 Å². The van der Waals surface area contributed by atoms with Crippen molar-refractivity contribution < 1.29 is 27.3 Å². The highest BCUT2D eigenvalue weighted by Gasteiger charge is 2.59. The number of rotatable bonds is 9. The molecule has 1 aliphatic rings. The van der Waals surface area contributed by atoms with Crippen LogP contribution in [0.2, 0.25) is 22.2 Å². The summed E-state index contributed by atoms with van der Waals surface area (Å²) in [5.74, 6) is 0. The van der Waals surface area contributed by atoms with Gasteiger partial charge in [0, 0.05) is 12.3 Å². The fraction of sp³-hybridized carbons (Fsp3) is 0.727. The first-order valence-electron chi connectivity index (χ1n) is 11.7. The van der Waals surface area contributed by atoms with Crippen molar-refractivity contribution in [2.45, 2.75) is 96.0 Å². The van der Waals surface area contributed by atoms with Crippen LogP contribution in [0.3, 0.4) is 0 Å². The van der Waals surface area contributed by atoms with Crippen molar-refractivity contribution in [2.24, 2.45) is 0 Å². The molecular weight excluding hydrogens is 476 g/mol. The molecule has 192 valence electrons. The van der Waals surface area contributed by atoms with Crippen LogP contribution in [0.15, 0.2) is 21.9 Å². The van der Waals surface area contributed by atoms with Crippen LogP contribution in [0.1, 0.15) is 61.6 Å². The molecule has 10 nitrogen and oxygen atoms in total. The highest BCUT2D eigenvalue weighted by Crippen LogP contribution is 2.46. The van der Waals surface area contributed by atoms with Crippen LogP contribution < -0.4 is 11.2 Å². The number of ether oxygens (including phenoxy) is 1. The summed E-state index contributed by atoms with van der Waals surface area (Å²) in [6, 6.07) is 1.11. The molecule has 1 aliphatic heterocycles. The minimum absolute atomic E-state index is 0.00496. The maximum atomic E-state index is 12.2. The summed E-state index contributed by atoms with van der Waals surface area (Å²) in [4.78, 5) is 49.9. The van der Waals surface area contributed by atoms with E-state index >= 15 is 0 Å². The molecule has 0 spiro atoms. The summed E-state index contributed by atoms with van der Waals surface area (Å²) in [5, 5.41) is 0. The lowest BCUT2D eigenvalue weighted by molar-refractivity contribution is -0.152. The van der Waals surface area contributed by atoms with E-state index in [1.165, 1.54) is 6.20 Å². The molecule has 0 radical (unpaired) electrons. The number of H-pyrrole nitrogens is 1. The van der Waals surface area contributed by atoms with E-state index in [1.807, 2.05) is 27.7 Å². The van der Waals surface area contributed by atoms with Gasteiger partial charge >= 0.3 is 22.8 Å². The quantitative estimate of drug-likeness (QED) is 0.394. The molecule has 1 saturated heterocycles. The monoisotopic (exact) mass is 514 g/mol. The highest BCUT2D eigenvalue weighted by atomic mass is 28.5. The Morgan fingerprint density at radius 1 is 1.00 bits per heavy atom. The Labute approximate surface area is 202 Å². The standard InChI is InChI=1S/C22H38N2O8Si2/c1-14(2)33(15(3)4)29-13-19(18(11-25)31-34(32-33,16(5)6)17(7)8)30-21(12-26)24-10-9-20(27)23-22(24)28/h9-12,14-19,21H,13H2,1-8H3,(H,23,27,28)/t18-,19-,21-/m1/s1. The van der Waals surface area contributed by atoms with E-state index in [9.17, 15) is 19.2 Å². The highest BCUT2D eigenvalue weighted by molar-refractivity contribution is 6.84. The Balaban J connectivity index is 2.58. The van der Waals surface area contributed by atoms with Crippen molar-refractivity contribution in [2.75, 3.05) is 6.61 Å². The summed E-state index contributed by atoms with van der Waals surface area (Å²) in [7, 11) is -5.93. The van der Waals surface area contributed by atoms with Crippen LogP contribution in [-0.4, -0.2) is 58.1 Å². The van der Waals surface area contributed by atoms with Crippen molar-refractivity contribution in [1.82, 2.24) is 9.55 Å². The molecule has 1 N–H and O–H groups in total. The third kappa shape index (κ3) is 5.57. The molecule has 0 aliphatic carbocycles. The van der Waals surface area contributed by atoms with Gasteiger partial charge in [-0.15, -0.1) is 0 Å². The van der Waals surface area contributed by atoms with Gasteiger partial charge in [0.05, 0.1) is 6.61 Å². The van der Waals surface area contributed by atoms with Crippen molar-refractivity contribution in [3.05, 3.63) is 33.1 Å².